The molecular weight excluding hydrogens is 334 g/mol. The second-order valence-corrected chi connectivity index (χ2v) is 7.24. The van der Waals surface area contributed by atoms with E-state index in [-0.39, 0.29) is 12.0 Å². The number of morpholine rings is 1. The third-order valence-electron chi connectivity index (χ3n) is 5.53. The zero-order chi connectivity index (χ0) is 18.4. The summed E-state index contributed by atoms with van der Waals surface area (Å²) in [6.07, 6.45) is 1.64. The van der Waals surface area contributed by atoms with Gasteiger partial charge in [0.2, 0.25) is 0 Å². The van der Waals surface area contributed by atoms with Gasteiger partial charge in [0.05, 0.1) is 13.2 Å². The third-order valence-corrected chi connectivity index (χ3v) is 5.53. The van der Waals surface area contributed by atoms with Crippen LogP contribution in [0.4, 0.5) is 0 Å². The highest BCUT2D eigenvalue weighted by Crippen LogP contribution is 2.16. The Hall–Kier alpha value is -1.38. The molecule has 0 saturated carbocycles. The molecule has 2 atom stereocenters. The maximum Gasteiger partial charge on any atom is 0.251 e. The van der Waals surface area contributed by atoms with Crippen LogP contribution in [0.1, 0.15) is 19.8 Å². The van der Waals surface area contributed by atoms with Gasteiger partial charge in [0, 0.05) is 65.5 Å². The number of rotatable bonds is 4. The van der Waals surface area contributed by atoms with Crippen molar-refractivity contribution in [1.29, 1.82) is 0 Å². The van der Waals surface area contributed by atoms with Crippen LogP contribution in [0.25, 0.3) is 0 Å². The SMILES string of the molecule is CN=C(NCC(C)N1CCOCC1)N1CCN(C(=O)C2CCCO2)CC1. The van der Waals surface area contributed by atoms with Gasteiger partial charge in [0.25, 0.3) is 5.91 Å². The number of carbonyl (C=O) groups is 1. The van der Waals surface area contributed by atoms with Gasteiger partial charge < -0.3 is 24.6 Å². The van der Waals surface area contributed by atoms with Crippen molar-refractivity contribution >= 4 is 11.9 Å². The van der Waals surface area contributed by atoms with Gasteiger partial charge in [-0.25, -0.2) is 0 Å². The van der Waals surface area contributed by atoms with E-state index in [9.17, 15) is 4.79 Å². The van der Waals surface area contributed by atoms with Crippen LogP contribution in [0.5, 0.6) is 0 Å². The zero-order valence-corrected chi connectivity index (χ0v) is 16.2. The van der Waals surface area contributed by atoms with Gasteiger partial charge in [-0.3, -0.25) is 14.7 Å². The van der Waals surface area contributed by atoms with Crippen LogP contribution < -0.4 is 5.32 Å². The van der Waals surface area contributed by atoms with Gasteiger partial charge in [-0.15, -0.1) is 0 Å². The van der Waals surface area contributed by atoms with E-state index in [0.29, 0.717) is 12.6 Å². The summed E-state index contributed by atoms with van der Waals surface area (Å²) in [5.74, 6) is 1.08. The van der Waals surface area contributed by atoms with Crippen molar-refractivity contribution in [2.45, 2.75) is 31.9 Å². The van der Waals surface area contributed by atoms with Gasteiger partial charge in [0.15, 0.2) is 5.96 Å². The summed E-state index contributed by atoms with van der Waals surface area (Å²) in [6, 6.07) is 0.443. The predicted molar refractivity (Wildman–Crippen MR) is 100 cm³/mol. The van der Waals surface area contributed by atoms with Crippen molar-refractivity contribution in [2.75, 3.05) is 72.7 Å². The van der Waals surface area contributed by atoms with Crippen molar-refractivity contribution in [3.8, 4) is 0 Å². The highest BCUT2D eigenvalue weighted by Gasteiger charge is 2.31. The largest absolute Gasteiger partial charge is 0.379 e. The van der Waals surface area contributed by atoms with Crippen LogP contribution in [0.2, 0.25) is 0 Å². The number of nitrogens with zero attached hydrogens (tertiary/aromatic N) is 4. The van der Waals surface area contributed by atoms with Gasteiger partial charge in [-0.1, -0.05) is 0 Å². The molecule has 0 aromatic rings. The maximum atomic E-state index is 12.5. The number of carbonyl (C=O) groups excluding carboxylic acids is 1. The summed E-state index contributed by atoms with van der Waals surface area (Å²) in [4.78, 5) is 23.5. The number of ether oxygens (including phenoxy) is 2. The maximum absolute atomic E-state index is 12.5. The molecule has 3 heterocycles. The average Bonchev–Trinajstić information content (AvgIpc) is 3.24. The van der Waals surface area contributed by atoms with Crippen molar-refractivity contribution in [1.82, 2.24) is 20.0 Å². The first-order valence-electron chi connectivity index (χ1n) is 9.87. The van der Waals surface area contributed by atoms with E-state index >= 15 is 0 Å². The van der Waals surface area contributed by atoms with E-state index in [0.717, 1.165) is 77.8 Å². The fraction of sp³-hybridized carbons (Fsp3) is 0.889. The molecule has 0 aromatic carbocycles. The molecule has 1 amide bonds. The fourth-order valence-electron chi connectivity index (χ4n) is 3.83. The Morgan fingerprint density at radius 3 is 2.42 bits per heavy atom. The van der Waals surface area contributed by atoms with Crippen LogP contribution in [0.15, 0.2) is 4.99 Å². The van der Waals surface area contributed by atoms with Crippen LogP contribution in [-0.2, 0) is 14.3 Å². The van der Waals surface area contributed by atoms with Gasteiger partial charge in [-0.05, 0) is 19.8 Å². The van der Waals surface area contributed by atoms with Crippen molar-refractivity contribution < 1.29 is 14.3 Å². The van der Waals surface area contributed by atoms with E-state index in [1.54, 1.807) is 0 Å². The van der Waals surface area contributed by atoms with E-state index in [1.807, 2.05) is 11.9 Å². The number of hydrogen-bond acceptors (Lipinski definition) is 5. The first-order valence-corrected chi connectivity index (χ1v) is 9.87. The van der Waals surface area contributed by atoms with E-state index < -0.39 is 0 Å². The molecular formula is C18H33N5O3. The molecule has 3 aliphatic heterocycles. The van der Waals surface area contributed by atoms with Crippen LogP contribution in [0.3, 0.4) is 0 Å². The Morgan fingerprint density at radius 2 is 1.81 bits per heavy atom. The smallest absolute Gasteiger partial charge is 0.251 e. The number of hydrogen-bond donors (Lipinski definition) is 1. The molecule has 3 fully saturated rings. The quantitative estimate of drug-likeness (QED) is 0.539. The summed E-state index contributed by atoms with van der Waals surface area (Å²) >= 11 is 0. The minimum atomic E-state index is -0.214. The Labute approximate surface area is 156 Å². The highest BCUT2D eigenvalue weighted by molar-refractivity contribution is 5.82. The van der Waals surface area contributed by atoms with Crippen molar-refractivity contribution in [3.05, 3.63) is 0 Å². The molecule has 0 aliphatic carbocycles. The second-order valence-electron chi connectivity index (χ2n) is 7.24. The molecule has 0 aromatic heterocycles. The van der Waals surface area contributed by atoms with E-state index in [4.69, 9.17) is 9.47 Å². The molecule has 0 bridgehead atoms. The lowest BCUT2D eigenvalue weighted by atomic mass is 10.2. The summed E-state index contributed by atoms with van der Waals surface area (Å²) in [6.45, 7) is 10.5. The number of nitrogens with one attached hydrogen (secondary N) is 1. The topological polar surface area (TPSA) is 69.6 Å². The fourth-order valence-corrected chi connectivity index (χ4v) is 3.83. The minimum Gasteiger partial charge on any atom is -0.379 e. The van der Waals surface area contributed by atoms with Crippen LogP contribution in [0, 0.1) is 0 Å². The van der Waals surface area contributed by atoms with Gasteiger partial charge in [0.1, 0.15) is 6.10 Å². The summed E-state index contributed by atoms with van der Waals surface area (Å²) < 4.78 is 11.0. The molecule has 8 heteroatoms. The van der Waals surface area contributed by atoms with E-state index in [2.05, 4.69) is 27.0 Å². The lowest BCUT2D eigenvalue weighted by Gasteiger charge is -2.38. The zero-order valence-electron chi connectivity index (χ0n) is 16.2. The molecule has 0 radical (unpaired) electrons. The number of piperazine rings is 1. The summed E-state index contributed by atoms with van der Waals surface area (Å²) in [5, 5.41) is 3.50. The molecule has 0 spiro atoms. The standard InChI is InChI=1S/C18H33N5O3/c1-15(21-9-12-25-13-10-21)14-20-18(19-2)23-7-5-22(6-8-23)17(24)16-4-3-11-26-16/h15-16H,3-14H2,1-2H3,(H,19,20). The minimum absolute atomic E-state index is 0.158. The normalized spacial score (nSPS) is 26.8. The molecule has 148 valence electrons. The molecule has 3 saturated heterocycles. The molecule has 26 heavy (non-hydrogen) atoms. The second kappa shape index (κ2) is 9.53. The predicted octanol–water partition coefficient (Wildman–Crippen LogP) is -0.394. The average molecular weight is 367 g/mol. The van der Waals surface area contributed by atoms with Crippen molar-refractivity contribution in [3.63, 3.8) is 0 Å². The first-order chi connectivity index (χ1) is 12.7. The van der Waals surface area contributed by atoms with E-state index in [1.165, 1.54) is 0 Å². The molecule has 3 rings (SSSR count). The molecule has 3 aliphatic rings. The Morgan fingerprint density at radius 1 is 1.12 bits per heavy atom. The Bertz CT molecular complexity index is 481. The number of aliphatic imine (C=N–C) groups is 1. The number of amides is 1. The summed E-state index contributed by atoms with van der Waals surface area (Å²) in [5.41, 5.74) is 0. The summed E-state index contributed by atoms with van der Waals surface area (Å²) in [7, 11) is 1.83. The van der Waals surface area contributed by atoms with Gasteiger partial charge >= 0.3 is 0 Å². The monoisotopic (exact) mass is 367 g/mol. The third kappa shape index (κ3) is 4.86. The first kappa shape index (κ1) is 19.4. The highest BCUT2D eigenvalue weighted by atomic mass is 16.5. The lowest BCUT2D eigenvalue weighted by molar-refractivity contribution is -0.142. The van der Waals surface area contributed by atoms with Crippen molar-refractivity contribution in [2.24, 2.45) is 4.99 Å². The molecule has 8 nitrogen and oxygen atoms in total. The Balaban J connectivity index is 1.42. The lowest BCUT2D eigenvalue weighted by Crippen LogP contribution is -2.56. The number of guanidine groups is 1. The van der Waals surface area contributed by atoms with Crippen LogP contribution >= 0.6 is 0 Å². The van der Waals surface area contributed by atoms with Gasteiger partial charge in [-0.2, -0.15) is 0 Å². The molecule has 1 N–H and O–H groups in total. The molecule has 2 unspecified atom stereocenters. The van der Waals surface area contributed by atoms with Crippen LogP contribution in [-0.4, -0.2) is 111 Å². The Kier molecular flexibility index (Phi) is 7.10.